The van der Waals surface area contributed by atoms with Crippen molar-refractivity contribution in [1.29, 1.82) is 0 Å². The van der Waals surface area contributed by atoms with Crippen LogP contribution in [0.15, 0.2) is 24.3 Å². The van der Waals surface area contributed by atoms with Crippen molar-refractivity contribution in [2.24, 2.45) is 0 Å². The number of nitrogens with one attached hydrogen (secondary N) is 1. The van der Waals surface area contributed by atoms with E-state index < -0.39 is 0 Å². The topological polar surface area (TPSA) is 15.3 Å². The van der Waals surface area contributed by atoms with Crippen LogP contribution in [0.2, 0.25) is 0 Å². The molecular weight excluding hydrogens is 208 g/mol. The van der Waals surface area contributed by atoms with Gasteiger partial charge >= 0.3 is 0 Å². The van der Waals surface area contributed by atoms with E-state index in [0.717, 1.165) is 6.54 Å². The molecule has 0 amide bonds. The molecule has 0 spiro atoms. The quantitative estimate of drug-likeness (QED) is 0.756. The van der Waals surface area contributed by atoms with Crippen LogP contribution < -0.4 is 5.32 Å². The van der Waals surface area contributed by atoms with Gasteiger partial charge in [-0.15, -0.1) is 0 Å². The normalized spacial score (nSPS) is 15.5. The number of rotatable bonds is 6. The van der Waals surface area contributed by atoms with Crippen molar-refractivity contribution in [1.82, 2.24) is 10.2 Å². The van der Waals surface area contributed by atoms with Crippen molar-refractivity contribution in [3.05, 3.63) is 35.4 Å². The molecule has 0 bridgehead atoms. The zero-order chi connectivity index (χ0) is 12.1. The van der Waals surface area contributed by atoms with Crippen LogP contribution in [0.4, 0.5) is 0 Å². The van der Waals surface area contributed by atoms with Gasteiger partial charge in [0.05, 0.1) is 0 Å². The third-order valence-corrected chi connectivity index (χ3v) is 3.52. The van der Waals surface area contributed by atoms with Gasteiger partial charge in [0.15, 0.2) is 0 Å². The van der Waals surface area contributed by atoms with E-state index in [1.54, 1.807) is 11.1 Å². The van der Waals surface area contributed by atoms with Crippen molar-refractivity contribution >= 4 is 0 Å². The summed E-state index contributed by atoms with van der Waals surface area (Å²) in [6.07, 6.45) is 5.00. The van der Waals surface area contributed by atoms with Gasteiger partial charge in [0, 0.05) is 6.04 Å². The lowest BCUT2D eigenvalue weighted by molar-refractivity contribution is 0.388. The molecule has 2 heteroatoms. The standard InChI is InChI=1S/C15H24N2/c1-17(2)10-6-5-9-16-15-11-13-7-3-4-8-14(13)12-15/h3-4,7-8,15-16H,5-6,9-12H2,1-2H3. The summed E-state index contributed by atoms with van der Waals surface area (Å²) in [6.45, 7) is 2.36. The Labute approximate surface area is 105 Å². The van der Waals surface area contributed by atoms with E-state index in [4.69, 9.17) is 0 Å². The van der Waals surface area contributed by atoms with Gasteiger partial charge in [-0.3, -0.25) is 0 Å². The monoisotopic (exact) mass is 232 g/mol. The Morgan fingerprint density at radius 3 is 2.35 bits per heavy atom. The Hall–Kier alpha value is -0.860. The predicted octanol–water partition coefficient (Wildman–Crippen LogP) is 2.09. The zero-order valence-electron chi connectivity index (χ0n) is 11.1. The summed E-state index contributed by atoms with van der Waals surface area (Å²) >= 11 is 0. The van der Waals surface area contributed by atoms with Crippen LogP contribution in [0.5, 0.6) is 0 Å². The maximum absolute atomic E-state index is 3.68. The fourth-order valence-corrected chi connectivity index (χ4v) is 2.56. The maximum atomic E-state index is 3.68. The minimum absolute atomic E-state index is 0.673. The van der Waals surface area contributed by atoms with Crippen molar-refractivity contribution < 1.29 is 0 Å². The smallest absolute Gasteiger partial charge is 0.0148 e. The Balaban J connectivity index is 1.63. The number of nitrogens with zero attached hydrogens (tertiary/aromatic N) is 1. The molecule has 1 aromatic rings. The van der Waals surface area contributed by atoms with E-state index in [1.165, 1.54) is 32.2 Å². The molecule has 0 aliphatic heterocycles. The van der Waals surface area contributed by atoms with Crippen LogP contribution >= 0.6 is 0 Å². The average molecular weight is 232 g/mol. The zero-order valence-corrected chi connectivity index (χ0v) is 11.1. The van der Waals surface area contributed by atoms with Crippen LogP contribution in [0, 0.1) is 0 Å². The SMILES string of the molecule is CN(C)CCCCNC1Cc2ccccc2C1. The summed E-state index contributed by atoms with van der Waals surface area (Å²) in [5, 5.41) is 3.68. The highest BCUT2D eigenvalue weighted by Crippen LogP contribution is 2.21. The molecule has 94 valence electrons. The number of hydrogen-bond donors (Lipinski definition) is 1. The number of benzene rings is 1. The van der Waals surface area contributed by atoms with Crippen molar-refractivity contribution in [2.45, 2.75) is 31.7 Å². The third kappa shape index (κ3) is 3.83. The summed E-state index contributed by atoms with van der Waals surface area (Å²) in [6, 6.07) is 9.51. The molecule has 0 saturated carbocycles. The van der Waals surface area contributed by atoms with Gasteiger partial charge in [0.25, 0.3) is 0 Å². The molecule has 0 saturated heterocycles. The van der Waals surface area contributed by atoms with Crippen LogP contribution in [-0.2, 0) is 12.8 Å². The molecular formula is C15H24N2. The van der Waals surface area contributed by atoms with E-state index in [1.807, 2.05) is 0 Å². The molecule has 17 heavy (non-hydrogen) atoms. The summed E-state index contributed by atoms with van der Waals surface area (Å²) in [5.41, 5.74) is 3.08. The third-order valence-electron chi connectivity index (χ3n) is 3.52. The second kappa shape index (κ2) is 6.18. The molecule has 0 radical (unpaired) electrons. The van der Waals surface area contributed by atoms with Gasteiger partial charge in [-0.1, -0.05) is 24.3 Å². The number of unbranched alkanes of at least 4 members (excludes halogenated alkanes) is 1. The van der Waals surface area contributed by atoms with Crippen LogP contribution in [0.3, 0.4) is 0 Å². The van der Waals surface area contributed by atoms with Crippen LogP contribution in [0.1, 0.15) is 24.0 Å². The molecule has 0 heterocycles. The number of fused-ring (bicyclic) bond motifs is 1. The summed E-state index contributed by atoms with van der Waals surface area (Å²) in [7, 11) is 4.28. The van der Waals surface area contributed by atoms with Gasteiger partial charge in [-0.2, -0.15) is 0 Å². The highest BCUT2D eigenvalue weighted by molar-refractivity contribution is 5.33. The predicted molar refractivity (Wildman–Crippen MR) is 73.4 cm³/mol. The van der Waals surface area contributed by atoms with E-state index >= 15 is 0 Å². The molecule has 0 aromatic heterocycles. The summed E-state index contributed by atoms with van der Waals surface area (Å²) in [4.78, 5) is 2.26. The van der Waals surface area contributed by atoms with Gasteiger partial charge in [-0.05, 0) is 64.0 Å². The first kappa shape index (κ1) is 12.6. The first-order valence-electron chi connectivity index (χ1n) is 6.70. The van der Waals surface area contributed by atoms with E-state index in [-0.39, 0.29) is 0 Å². The fourth-order valence-electron chi connectivity index (χ4n) is 2.56. The lowest BCUT2D eigenvalue weighted by Crippen LogP contribution is -2.30. The summed E-state index contributed by atoms with van der Waals surface area (Å²) in [5.74, 6) is 0. The van der Waals surface area contributed by atoms with Crippen molar-refractivity contribution in [3.8, 4) is 0 Å². The molecule has 0 fully saturated rings. The molecule has 1 aliphatic rings. The first-order chi connectivity index (χ1) is 8.25. The minimum Gasteiger partial charge on any atom is -0.313 e. The number of hydrogen-bond acceptors (Lipinski definition) is 2. The van der Waals surface area contributed by atoms with E-state index in [9.17, 15) is 0 Å². The summed E-state index contributed by atoms with van der Waals surface area (Å²) < 4.78 is 0. The average Bonchev–Trinajstić information content (AvgIpc) is 2.70. The molecule has 1 aromatic carbocycles. The van der Waals surface area contributed by atoms with Crippen molar-refractivity contribution in [3.63, 3.8) is 0 Å². The van der Waals surface area contributed by atoms with Gasteiger partial charge in [0.1, 0.15) is 0 Å². The van der Waals surface area contributed by atoms with Gasteiger partial charge in [-0.25, -0.2) is 0 Å². The largest absolute Gasteiger partial charge is 0.313 e. The maximum Gasteiger partial charge on any atom is 0.0148 e. The highest BCUT2D eigenvalue weighted by atomic mass is 15.0. The van der Waals surface area contributed by atoms with E-state index in [0.29, 0.717) is 6.04 Å². The lowest BCUT2D eigenvalue weighted by atomic mass is 10.1. The van der Waals surface area contributed by atoms with Gasteiger partial charge < -0.3 is 10.2 Å². The molecule has 2 rings (SSSR count). The Kier molecular flexibility index (Phi) is 4.57. The highest BCUT2D eigenvalue weighted by Gasteiger charge is 2.19. The van der Waals surface area contributed by atoms with Crippen LogP contribution in [0.25, 0.3) is 0 Å². The second-order valence-corrected chi connectivity index (χ2v) is 5.34. The lowest BCUT2D eigenvalue weighted by Gasteiger charge is -2.13. The molecule has 0 unspecified atom stereocenters. The minimum atomic E-state index is 0.673. The molecule has 0 atom stereocenters. The molecule has 1 N–H and O–H groups in total. The fraction of sp³-hybridized carbons (Fsp3) is 0.600. The molecule has 2 nitrogen and oxygen atoms in total. The van der Waals surface area contributed by atoms with Crippen molar-refractivity contribution in [2.75, 3.05) is 27.2 Å². The molecule has 1 aliphatic carbocycles. The first-order valence-corrected chi connectivity index (χ1v) is 6.70. The Morgan fingerprint density at radius 1 is 1.12 bits per heavy atom. The Bertz CT molecular complexity index is 322. The van der Waals surface area contributed by atoms with Crippen LogP contribution in [-0.4, -0.2) is 38.1 Å². The van der Waals surface area contributed by atoms with E-state index in [2.05, 4.69) is 48.6 Å². The second-order valence-electron chi connectivity index (χ2n) is 5.34. The Morgan fingerprint density at radius 2 is 1.76 bits per heavy atom. The van der Waals surface area contributed by atoms with Gasteiger partial charge in [0.2, 0.25) is 0 Å².